The van der Waals surface area contributed by atoms with Crippen molar-refractivity contribution in [2.24, 2.45) is 17.8 Å². The Kier molecular flexibility index (Phi) is 7.07. The molecule has 0 spiro atoms. The second-order valence-electron chi connectivity index (χ2n) is 8.44. The normalized spacial score (nSPS) is 31.1. The van der Waals surface area contributed by atoms with E-state index in [1.54, 1.807) is 0 Å². The minimum absolute atomic E-state index is 0.781. The molecule has 0 nitrogen and oxygen atoms in total. The Labute approximate surface area is 154 Å². The van der Waals surface area contributed by atoms with Crippen LogP contribution in [0.15, 0.2) is 24.3 Å². The summed E-state index contributed by atoms with van der Waals surface area (Å²) in [6, 6.07) is 8.61. The summed E-state index contributed by atoms with van der Waals surface area (Å²) in [6.45, 7) is 2.32. The predicted octanol–water partition coefficient (Wildman–Crippen LogP) is 8.00. The molecule has 0 radical (unpaired) electrons. The van der Waals surface area contributed by atoms with Crippen LogP contribution in [0.3, 0.4) is 0 Å². The highest BCUT2D eigenvalue weighted by molar-refractivity contribution is 6.30. The lowest BCUT2D eigenvalue weighted by atomic mass is 9.68. The molecule has 0 heterocycles. The third kappa shape index (κ3) is 5.01. The summed E-state index contributed by atoms with van der Waals surface area (Å²) in [4.78, 5) is 0. The lowest BCUT2D eigenvalue weighted by Gasteiger charge is -2.38. The van der Waals surface area contributed by atoms with Crippen molar-refractivity contribution in [1.29, 1.82) is 0 Å². The third-order valence-electron chi connectivity index (χ3n) is 6.89. The average Bonchev–Trinajstić information content (AvgIpc) is 2.63. The van der Waals surface area contributed by atoms with Gasteiger partial charge in [-0.2, -0.15) is 0 Å². The van der Waals surface area contributed by atoms with Gasteiger partial charge in [0.15, 0.2) is 0 Å². The van der Waals surface area contributed by atoms with Crippen molar-refractivity contribution in [1.82, 2.24) is 0 Å². The number of hydrogen-bond donors (Lipinski definition) is 0. The van der Waals surface area contributed by atoms with E-state index in [1.807, 2.05) is 0 Å². The lowest BCUT2D eigenvalue weighted by molar-refractivity contribution is 0.155. The molecule has 3 rings (SSSR count). The van der Waals surface area contributed by atoms with E-state index in [0.717, 1.165) is 28.7 Å². The summed E-state index contributed by atoms with van der Waals surface area (Å²) in [5.74, 6) is 3.89. The second kappa shape index (κ2) is 9.27. The molecule has 2 aliphatic rings. The zero-order chi connectivity index (χ0) is 16.8. The number of rotatable bonds is 6. The molecule has 0 unspecified atom stereocenters. The number of halogens is 1. The predicted molar refractivity (Wildman–Crippen MR) is 106 cm³/mol. The van der Waals surface area contributed by atoms with Crippen molar-refractivity contribution < 1.29 is 0 Å². The van der Waals surface area contributed by atoms with Gasteiger partial charge in [0.2, 0.25) is 0 Å². The van der Waals surface area contributed by atoms with Crippen LogP contribution in [0, 0.1) is 17.8 Å². The summed E-state index contributed by atoms with van der Waals surface area (Å²) in [5.41, 5.74) is 1.51. The molecule has 1 aromatic carbocycles. The molecule has 134 valence electrons. The Balaban J connectivity index is 1.40. The number of benzene rings is 1. The van der Waals surface area contributed by atoms with Crippen molar-refractivity contribution in [2.75, 3.05) is 0 Å². The van der Waals surface area contributed by atoms with Crippen LogP contribution in [0.25, 0.3) is 0 Å². The molecular formula is C23H35Cl. The summed E-state index contributed by atoms with van der Waals surface area (Å²) in [7, 11) is 0. The first-order chi connectivity index (χ1) is 11.8. The lowest BCUT2D eigenvalue weighted by Crippen LogP contribution is -2.25. The molecule has 1 heteroatoms. The second-order valence-corrected chi connectivity index (χ2v) is 8.88. The van der Waals surface area contributed by atoms with Crippen molar-refractivity contribution in [3.05, 3.63) is 34.9 Å². The zero-order valence-corrected chi connectivity index (χ0v) is 16.2. The first-order valence-electron chi connectivity index (χ1n) is 10.5. The highest BCUT2D eigenvalue weighted by Gasteiger charge is 2.31. The smallest absolute Gasteiger partial charge is 0.0406 e. The van der Waals surface area contributed by atoms with Gasteiger partial charge in [-0.3, -0.25) is 0 Å². The highest BCUT2D eigenvalue weighted by atomic mass is 35.5. The Bertz CT molecular complexity index is 461. The van der Waals surface area contributed by atoms with Gasteiger partial charge in [0.05, 0.1) is 0 Å². The van der Waals surface area contributed by atoms with Gasteiger partial charge in [-0.1, -0.05) is 69.2 Å². The molecule has 2 fully saturated rings. The minimum Gasteiger partial charge on any atom is -0.0843 e. The van der Waals surface area contributed by atoms with E-state index in [2.05, 4.69) is 31.2 Å². The van der Waals surface area contributed by atoms with Gasteiger partial charge in [-0.05, 0) is 79.9 Å². The molecule has 2 saturated carbocycles. The van der Waals surface area contributed by atoms with Crippen LogP contribution in [-0.2, 0) is 0 Å². The van der Waals surface area contributed by atoms with Crippen molar-refractivity contribution in [3.8, 4) is 0 Å². The van der Waals surface area contributed by atoms with Crippen LogP contribution < -0.4 is 0 Å². The maximum atomic E-state index is 6.03. The number of hydrogen-bond acceptors (Lipinski definition) is 0. The van der Waals surface area contributed by atoms with Crippen LogP contribution in [-0.4, -0.2) is 0 Å². The molecular weight excluding hydrogens is 312 g/mol. The quantitative estimate of drug-likeness (QED) is 0.457. The Morgan fingerprint density at radius 1 is 0.792 bits per heavy atom. The van der Waals surface area contributed by atoms with E-state index < -0.39 is 0 Å². The number of unbranched alkanes of at least 4 members (excludes halogenated alkanes) is 2. The largest absolute Gasteiger partial charge is 0.0843 e. The molecule has 2 aliphatic carbocycles. The zero-order valence-electron chi connectivity index (χ0n) is 15.5. The fraction of sp³-hybridized carbons (Fsp3) is 0.739. The summed E-state index contributed by atoms with van der Waals surface area (Å²) < 4.78 is 0. The summed E-state index contributed by atoms with van der Waals surface area (Å²) in [6.07, 6.45) is 17.6. The molecule has 1 aromatic rings. The molecule has 0 atom stereocenters. The van der Waals surface area contributed by atoms with Gasteiger partial charge >= 0.3 is 0 Å². The molecule has 0 bridgehead atoms. The first-order valence-corrected chi connectivity index (χ1v) is 10.9. The Morgan fingerprint density at radius 2 is 1.38 bits per heavy atom. The van der Waals surface area contributed by atoms with Crippen LogP contribution in [0.4, 0.5) is 0 Å². The summed E-state index contributed by atoms with van der Waals surface area (Å²) >= 11 is 6.03. The molecule has 0 aromatic heterocycles. The average molecular weight is 347 g/mol. The van der Waals surface area contributed by atoms with E-state index in [-0.39, 0.29) is 0 Å². The Hall–Kier alpha value is -0.490. The van der Waals surface area contributed by atoms with Gasteiger partial charge in [0.1, 0.15) is 0 Å². The van der Waals surface area contributed by atoms with Crippen LogP contribution in [0.2, 0.25) is 5.02 Å². The van der Waals surface area contributed by atoms with Crippen LogP contribution in [0.5, 0.6) is 0 Å². The molecule has 0 N–H and O–H groups in total. The van der Waals surface area contributed by atoms with Crippen molar-refractivity contribution in [3.63, 3.8) is 0 Å². The standard InChI is InChI=1S/C23H35Cl/c1-2-3-4-5-18-6-8-19(9-7-18)20-10-12-21(13-11-20)22-14-16-23(24)17-15-22/h14-21H,2-13H2,1H3/t18-,19-,20-,21-. The monoisotopic (exact) mass is 346 g/mol. The highest BCUT2D eigenvalue weighted by Crippen LogP contribution is 2.44. The molecule has 24 heavy (non-hydrogen) atoms. The maximum Gasteiger partial charge on any atom is 0.0406 e. The van der Waals surface area contributed by atoms with Gasteiger partial charge in [-0.15, -0.1) is 0 Å². The fourth-order valence-corrected chi connectivity index (χ4v) is 5.42. The third-order valence-corrected chi connectivity index (χ3v) is 7.14. The minimum atomic E-state index is 0.781. The maximum absolute atomic E-state index is 6.03. The van der Waals surface area contributed by atoms with E-state index in [9.17, 15) is 0 Å². The van der Waals surface area contributed by atoms with Crippen LogP contribution >= 0.6 is 11.6 Å². The van der Waals surface area contributed by atoms with Gasteiger partial charge in [0, 0.05) is 5.02 Å². The first kappa shape index (κ1) is 18.3. The van der Waals surface area contributed by atoms with Crippen molar-refractivity contribution >= 4 is 11.6 Å². The van der Waals surface area contributed by atoms with E-state index in [0.29, 0.717) is 0 Å². The van der Waals surface area contributed by atoms with E-state index >= 15 is 0 Å². The fourth-order valence-electron chi connectivity index (χ4n) is 5.29. The van der Waals surface area contributed by atoms with Gasteiger partial charge in [-0.25, -0.2) is 0 Å². The topological polar surface area (TPSA) is 0 Å². The van der Waals surface area contributed by atoms with Crippen LogP contribution in [0.1, 0.15) is 95.5 Å². The van der Waals surface area contributed by atoms with Gasteiger partial charge < -0.3 is 0 Å². The molecule has 0 aliphatic heterocycles. The molecule has 0 amide bonds. The van der Waals surface area contributed by atoms with E-state index in [1.165, 1.54) is 82.6 Å². The van der Waals surface area contributed by atoms with Crippen molar-refractivity contribution in [2.45, 2.75) is 89.9 Å². The molecule has 0 saturated heterocycles. The summed E-state index contributed by atoms with van der Waals surface area (Å²) in [5, 5.41) is 0.864. The SMILES string of the molecule is CCCCC[C@H]1CC[C@H]([C@H]2CC[C@H](c3ccc(Cl)cc3)CC2)CC1. The van der Waals surface area contributed by atoms with E-state index in [4.69, 9.17) is 11.6 Å². The van der Waals surface area contributed by atoms with Gasteiger partial charge in [0.25, 0.3) is 0 Å². The Morgan fingerprint density at radius 3 is 1.96 bits per heavy atom.